The SMILES string of the molecule is C[C@H]1CSc2ccc(S(=O)(=O)N3CCOCC3)cc2N(CC(=O)NC(C)(C)C)C1=O. The lowest BCUT2D eigenvalue weighted by atomic mass is 10.1. The van der Waals surface area contributed by atoms with Gasteiger partial charge in [-0.2, -0.15) is 4.31 Å². The number of hydrogen-bond donors (Lipinski definition) is 1. The standard InChI is InChI=1S/C20H29N3O5S2/c1-14-13-29-17-6-5-15(30(26,27)22-7-9-28-10-8-22)11-16(17)23(19(14)25)12-18(24)21-20(2,3)4/h5-6,11,14H,7-10,12-13H2,1-4H3,(H,21,24)/t14-/m0/s1. The predicted octanol–water partition coefficient (Wildman–Crippen LogP) is 1.70. The zero-order chi connectivity index (χ0) is 22.1. The van der Waals surface area contributed by atoms with E-state index >= 15 is 0 Å². The van der Waals surface area contributed by atoms with Gasteiger partial charge in [0, 0.05) is 35.2 Å². The highest BCUT2D eigenvalue weighted by Gasteiger charge is 2.33. The molecule has 0 aromatic heterocycles. The number of amides is 2. The molecule has 166 valence electrons. The second-order valence-corrected chi connectivity index (χ2v) is 11.6. The van der Waals surface area contributed by atoms with Gasteiger partial charge in [-0.1, -0.05) is 6.92 Å². The third kappa shape index (κ3) is 5.16. The van der Waals surface area contributed by atoms with Gasteiger partial charge in [-0.05, 0) is 39.0 Å². The van der Waals surface area contributed by atoms with Crippen LogP contribution < -0.4 is 10.2 Å². The molecular formula is C20H29N3O5S2. The molecule has 8 nitrogen and oxygen atoms in total. The first kappa shape index (κ1) is 23.1. The van der Waals surface area contributed by atoms with Crippen LogP contribution in [0.1, 0.15) is 27.7 Å². The molecular weight excluding hydrogens is 426 g/mol. The number of rotatable bonds is 4. The minimum atomic E-state index is -3.71. The normalized spacial score (nSPS) is 21.1. The van der Waals surface area contributed by atoms with Gasteiger partial charge in [0.05, 0.1) is 23.8 Å². The Kier molecular flexibility index (Phi) is 6.81. The third-order valence-corrected chi connectivity index (χ3v) is 8.04. The van der Waals surface area contributed by atoms with Crippen LogP contribution >= 0.6 is 11.8 Å². The number of anilines is 1. The van der Waals surface area contributed by atoms with Crippen LogP contribution in [0, 0.1) is 5.92 Å². The van der Waals surface area contributed by atoms with Crippen LogP contribution in [0.4, 0.5) is 5.69 Å². The largest absolute Gasteiger partial charge is 0.379 e. The average Bonchev–Trinajstić information content (AvgIpc) is 2.79. The minimum Gasteiger partial charge on any atom is -0.379 e. The Morgan fingerprint density at radius 3 is 2.57 bits per heavy atom. The van der Waals surface area contributed by atoms with Crippen LogP contribution in [0.25, 0.3) is 0 Å². The van der Waals surface area contributed by atoms with Crippen molar-refractivity contribution in [1.82, 2.24) is 9.62 Å². The van der Waals surface area contributed by atoms with E-state index in [0.717, 1.165) is 4.90 Å². The van der Waals surface area contributed by atoms with Crippen molar-refractivity contribution in [3.05, 3.63) is 18.2 Å². The number of nitrogens with one attached hydrogen (secondary N) is 1. The Morgan fingerprint density at radius 1 is 1.27 bits per heavy atom. The van der Waals surface area contributed by atoms with Crippen molar-refractivity contribution in [1.29, 1.82) is 0 Å². The number of fused-ring (bicyclic) bond motifs is 1. The summed E-state index contributed by atoms with van der Waals surface area (Å²) >= 11 is 1.50. The topological polar surface area (TPSA) is 96.0 Å². The van der Waals surface area contributed by atoms with Crippen LogP contribution in [0.5, 0.6) is 0 Å². The lowest BCUT2D eigenvalue weighted by Gasteiger charge is -2.28. The molecule has 0 radical (unpaired) electrons. The summed E-state index contributed by atoms with van der Waals surface area (Å²) in [4.78, 5) is 27.9. The highest BCUT2D eigenvalue weighted by atomic mass is 32.2. The molecule has 2 amide bonds. The van der Waals surface area contributed by atoms with Crippen molar-refractivity contribution in [2.75, 3.05) is 43.5 Å². The van der Waals surface area contributed by atoms with Crippen molar-refractivity contribution in [2.45, 2.75) is 43.0 Å². The fraction of sp³-hybridized carbons (Fsp3) is 0.600. The first-order chi connectivity index (χ1) is 14.0. The predicted molar refractivity (Wildman–Crippen MR) is 116 cm³/mol. The van der Waals surface area contributed by atoms with Crippen molar-refractivity contribution < 1.29 is 22.7 Å². The molecule has 1 fully saturated rings. The molecule has 1 saturated heterocycles. The molecule has 1 aromatic carbocycles. The van der Waals surface area contributed by atoms with Gasteiger partial charge in [0.2, 0.25) is 21.8 Å². The summed E-state index contributed by atoms with van der Waals surface area (Å²) in [5.74, 6) is -0.198. The van der Waals surface area contributed by atoms with Gasteiger partial charge >= 0.3 is 0 Å². The average molecular weight is 456 g/mol. The molecule has 0 spiro atoms. The Morgan fingerprint density at radius 2 is 1.93 bits per heavy atom. The zero-order valence-electron chi connectivity index (χ0n) is 17.8. The van der Waals surface area contributed by atoms with E-state index < -0.39 is 15.6 Å². The van der Waals surface area contributed by atoms with Gasteiger partial charge in [0.25, 0.3) is 0 Å². The summed E-state index contributed by atoms with van der Waals surface area (Å²) in [7, 11) is -3.71. The number of thioether (sulfide) groups is 1. The number of hydrogen-bond acceptors (Lipinski definition) is 6. The van der Waals surface area contributed by atoms with Crippen molar-refractivity contribution >= 4 is 39.3 Å². The van der Waals surface area contributed by atoms with Crippen LogP contribution in [0.15, 0.2) is 28.0 Å². The molecule has 2 heterocycles. The van der Waals surface area contributed by atoms with Crippen LogP contribution in [-0.2, 0) is 24.3 Å². The lowest BCUT2D eigenvalue weighted by molar-refractivity contribution is -0.126. The first-order valence-corrected chi connectivity index (χ1v) is 12.4. The van der Waals surface area contributed by atoms with Gasteiger partial charge in [0.15, 0.2) is 0 Å². The highest BCUT2D eigenvalue weighted by Crippen LogP contribution is 2.38. The van der Waals surface area contributed by atoms with Crippen LogP contribution in [0.2, 0.25) is 0 Å². The number of nitrogens with zero attached hydrogens (tertiary/aromatic N) is 2. The molecule has 3 rings (SSSR count). The first-order valence-electron chi connectivity index (χ1n) is 9.96. The summed E-state index contributed by atoms with van der Waals surface area (Å²) in [6.45, 7) is 8.57. The van der Waals surface area contributed by atoms with Gasteiger partial charge in [-0.3, -0.25) is 9.59 Å². The molecule has 2 aliphatic heterocycles. The lowest BCUT2D eigenvalue weighted by Crippen LogP contribution is -2.48. The fourth-order valence-corrected chi connectivity index (χ4v) is 5.84. The van der Waals surface area contributed by atoms with Gasteiger partial charge in [0.1, 0.15) is 6.54 Å². The number of carbonyl (C=O) groups excluding carboxylic acids is 2. The van der Waals surface area contributed by atoms with E-state index in [2.05, 4.69) is 5.32 Å². The quantitative estimate of drug-likeness (QED) is 0.742. The fourth-order valence-electron chi connectivity index (χ4n) is 3.36. The van der Waals surface area contributed by atoms with Gasteiger partial charge in [-0.25, -0.2) is 8.42 Å². The van der Waals surface area contributed by atoms with Gasteiger partial charge in [-0.15, -0.1) is 11.8 Å². The second-order valence-electron chi connectivity index (χ2n) is 8.58. The maximum atomic E-state index is 13.1. The smallest absolute Gasteiger partial charge is 0.243 e. The third-order valence-electron chi connectivity index (χ3n) is 4.82. The van der Waals surface area contributed by atoms with Crippen molar-refractivity contribution in [2.24, 2.45) is 5.92 Å². The van der Waals surface area contributed by atoms with E-state index in [1.165, 1.54) is 27.0 Å². The molecule has 0 unspecified atom stereocenters. The Bertz CT molecular complexity index is 921. The van der Waals surface area contributed by atoms with Gasteiger partial charge < -0.3 is 15.0 Å². The number of carbonyl (C=O) groups is 2. The zero-order valence-corrected chi connectivity index (χ0v) is 19.4. The van der Waals surface area contributed by atoms with E-state index in [0.29, 0.717) is 37.7 Å². The number of benzene rings is 1. The summed E-state index contributed by atoms with van der Waals surface area (Å²) in [6, 6.07) is 4.82. The Labute approximate surface area is 182 Å². The van der Waals surface area contributed by atoms with E-state index in [-0.39, 0.29) is 29.2 Å². The summed E-state index contributed by atoms with van der Waals surface area (Å²) < 4.78 is 32.9. The van der Waals surface area contributed by atoms with Crippen LogP contribution in [-0.4, -0.2) is 68.7 Å². The van der Waals surface area contributed by atoms with Crippen molar-refractivity contribution in [3.8, 4) is 0 Å². The Hall–Kier alpha value is -1.62. The molecule has 2 aliphatic rings. The summed E-state index contributed by atoms with van der Waals surface area (Å²) in [5.41, 5.74) is 0.0317. The number of ether oxygens (including phenoxy) is 1. The second kappa shape index (κ2) is 8.86. The number of sulfonamides is 1. The molecule has 10 heteroatoms. The molecule has 1 aromatic rings. The summed E-state index contributed by atoms with van der Waals surface area (Å²) in [6.07, 6.45) is 0. The minimum absolute atomic E-state index is 0.118. The van der Waals surface area contributed by atoms with E-state index in [9.17, 15) is 18.0 Å². The molecule has 30 heavy (non-hydrogen) atoms. The Balaban J connectivity index is 1.98. The maximum absolute atomic E-state index is 13.1. The van der Waals surface area contributed by atoms with E-state index in [4.69, 9.17) is 4.74 Å². The summed E-state index contributed by atoms with van der Waals surface area (Å²) in [5, 5.41) is 2.87. The molecule has 0 aliphatic carbocycles. The molecule has 1 N–H and O–H groups in total. The van der Waals surface area contributed by atoms with E-state index in [1.54, 1.807) is 12.1 Å². The van der Waals surface area contributed by atoms with Crippen molar-refractivity contribution in [3.63, 3.8) is 0 Å². The molecule has 1 atom stereocenters. The highest BCUT2D eigenvalue weighted by molar-refractivity contribution is 7.99. The monoisotopic (exact) mass is 455 g/mol. The maximum Gasteiger partial charge on any atom is 0.243 e. The molecule has 0 saturated carbocycles. The van der Waals surface area contributed by atoms with E-state index in [1.807, 2.05) is 27.7 Å². The van der Waals surface area contributed by atoms with Crippen LogP contribution in [0.3, 0.4) is 0 Å². The molecule has 0 bridgehead atoms. The number of morpholine rings is 1.